The molecule has 2 rings (SSSR count). The summed E-state index contributed by atoms with van der Waals surface area (Å²) in [5.41, 5.74) is 8.70. The molecule has 0 saturated carbocycles. The minimum absolute atomic E-state index is 0.282. The highest BCUT2D eigenvalue weighted by atomic mass is 35.5. The zero-order chi connectivity index (χ0) is 14.0. The Morgan fingerprint density at radius 1 is 1.26 bits per heavy atom. The number of nitrogens with two attached hydrogens (primary N) is 1. The molecule has 0 spiro atoms. The molecule has 3 N–H and O–H groups in total. The van der Waals surface area contributed by atoms with E-state index in [1.807, 2.05) is 25.1 Å². The van der Waals surface area contributed by atoms with Gasteiger partial charge in [0.1, 0.15) is 10.8 Å². The maximum atomic E-state index is 13.3. The third-order valence-corrected chi connectivity index (χ3v) is 3.02. The van der Waals surface area contributed by atoms with Crippen molar-refractivity contribution in [3.05, 3.63) is 58.4 Å². The van der Waals surface area contributed by atoms with Gasteiger partial charge in [-0.3, -0.25) is 0 Å². The number of halogens is 2. The molecule has 0 fully saturated rings. The van der Waals surface area contributed by atoms with E-state index < -0.39 is 5.82 Å². The lowest BCUT2D eigenvalue weighted by atomic mass is 10.1. The van der Waals surface area contributed by atoms with E-state index in [1.54, 1.807) is 6.07 Å². The fourth-order valence-electron chi connectivity index (χ4n) is 1.76. The van der Waals surface area contributed by atoms with E-state index in [1.165, 1.54) is 12.1 Å². The molecule has 0 saturated heterocycles. The summed E-state index contributed by atoms with van der Waals surface area (Å²) in [6.45, 7) is 1.95. The Bertz CT molecular complexity index is 623. The fourth-order valence-corrected chi connectivity index (χ4v) is 2.16. The van der Waals surface area contributed by atoms with Crippen LogP contribution in [0.15, 0.2) is 36.4 Å². The van der Waals surface area contributed by atoms with Gasteiger partial charge in [0, 0.05) is 22.0 Å². The van der Waals surface area contributed by atoms with E-state index >= 15 is 0 Å². The van der Waals surface area contributed by atoms with Crippen molar-refractivity contribution in [1.82, 2.24) is 0 Å². The second-order valence-electron chi connectivity index (χ2n) is 4.20. The summed E-state index contributed by atoms with van der Waals surface area (Å²) < 4.78 is 13.3. The number of thiocarbonyl (C=S) groups is 1. The Labute approximate surface area is 121 Å². The first-order valence-electron chi connectivity index (χ1n) is 5.59. The third-order valence-electron chi connectivity index (χ3n) is 2.58. The molecule has 0 heterocycles. The van der Waals surface area contributed by atoms with Gasteiger partial charge in [0.15, 0.2) is 0 Å². The average molecular weight is 295 g/mol. The molecule has 19 heavy (non-hydrogen) atoms. The largest absolute Gasteiger partial charge is 0.389 e. The van der Waals surface area contributed by atoms with Gasteiger partial charge in [-0.05, 0) is 42.8 Å². The molecule has 0 amide bonds. The number of anilines is 2. The van der Waals surface area contributed by atoms with Gasteiger partial charge in [-0.2, -0.15) is 0 Å². The lowest BCUT2D eigenvalue weighted by Gasteiger charge is -2.12. The van der Waals surface area contributed by atoms with Crippen molar-refractivity contribution in [3.8, 4) is 0 Å². The average Bonchev–Trinajstić information content (AvgIpc) is 2.26. The van der Waals surface area contributed by atoms with Crippen LogP contribution in [0, 0.1) is 12.7 Å². The van der Waals surface area contributed by atoms with Gasteiger partial charge in [-0.25, -0.2) is 4.39 Å². The Morgan fingerprint density at radius 3 is 2.63 bits per heavy atom. The van der Waals surface area contributed by atoms with Crippen LogP contribution in [0.3, 0.4) is 0 Å². The minimum atomic E-state index is -0.403. The molecular formula is C14H12ClFN2S. The number of rotatable bonds is 3. The van der Waals surface area contributed by atoms with Crippen molar-refractivity contribution < 1.29 is 4.39 Å². The van der Waals surface area contributed by atoms with E-state index in [-0.39, 0.29) is 4.99 Å². The molecule has 2 aromatic rings. The summed E-state index contributed by atoms with van der Waals surface area (Å²) in [7, 11) is 0. The Hall–Kier alpha value is -1.65. The zero-order valence-electron chi connectivity index (χ0n) is 10.2. The number of nitrogens with one attached hydrogen (secondary N) is 1. The van der Waals surface area contributed by atoms with Gasteiger partial charge < -0.3 is 11.1 Å². The topological polar surface area (TPSA) is 38.0 Å². The summed E-state index contributed by atoms with van der Waals surface area (Å²) in [6.07, 6.45) is 0. The molecule has 0 aliphatic rings. The van der Waals surface area contributed by atoms with Crippen LogP contribution in [0.4, 0.5) is 15.8 Å². The molecule has 2 nitrogen and oxygen atoms in total. The molecule has 98 valence electrons. The van der Waals surface area contributed by atoms with Gasteiger partial charge in [-0.1, -0.05) is 29.9 Å². The molecular weight excluding hydrogens is 283 g/mol. The molecule has 2 aromatic carbocycles. The molecule has 0 aromatic heterocycles. The van der Waals surface area contributed by atoms with Gasteiger partial charge in [0.05, 0.1) is 0 Å². The maximum Gasteiger partial charge on any atom is 0.126 e. The third kappa shape index (κ3) is 3.43. The van der Waals surface area contributed by atoms with Crippen LogP contribution in [-0.4, -0.2) is 4.99 Å². The van der Waals surface area contributed by atoms with Gasteiger partial charge >= 0.3 is 0 Å². The summed E-state index contributed by atoms with van der Waals surface area (Å²) in [5.74, 6) is -0.403. The molecule has 0 radical (unpaired) electrons. The van der Waals surface area contributed by atoms with Gasteiger partial charge in [-0.15, -0.1) is 0 Å². The normalized spacial score (nSPS) is 10.3. The highest BCUT2D eigenvalue weighted by Gasteiger charge is 2.07. The zero-order valence-corrected chi connectivity index (χ0v) is 11.8. The molecule has 5 heteroatoms. The summed E-state index contributed by atoms with van der Waals surface area (Å²) >= 11 is 10.8. The smallest absolute Gasteiger partial charge is 0.126 e. The highest BCUT2D eigenvalue weighted by Crippen LogP contribution is 2.25. The summed E-state index contributed by atoms with van der Waals surface area (Å²) in [4.78, 5) is 0.282. The van der Waals surface area contributed by atoms with Crippen LogP contribution >= 0.6 is 23.8 Å². The SMILES string of the molecule is Cc1ccc(C(N)=S)c(Nc2cc(F)cc(Cl)c2)c1. The predicted molar refractivity (Wildman–Crippen MR) is 81.8 cm³/mol. The lowest BCUT2D eigenvalue weighted by molar-refractivity contribution is 0.628. The number of hydrogen-bond acceptors (Lipinski definition) is 2. The second kappa shape index (κ2) is 5.55. The first-order chi connectivity index (χ1) is 8.95. The summed E-state index contributed by atoms with van der Waals surface area (Å²) in [5, 5.41) is 3.41. The van der Waals surface area contributed by atoms with Crippen molar-refractivity contribution >= 4 is 40.2 Å². The second-order valence-corrected chi connectivity index (χ2v) is 5.07. The maximum absolute atomic E-state index is 13.3. The van der Waals surface area contributed by atoms with E-state index in [2.05, 4.69) is 5.32 Å². The van der Waals surface area contributed by atoms with Crippen LogP contribution in [0.1, 0.15) is 11.1 Å². The van der Waals surface area contributed by atoms with Crippen molar-refractivity contribution in [1.29, 1.82) is 0 Å². The van der Waals surface area contributed by atoms with E-state index in [0.29, 0.717) is 16.3 Å². The standard InChI is InChI=1S/C14H12ClFN2S/c1-8-2-3-12(14(17)19)13(4-8)18-11-6-9(15)5-10(16)7-11/h2-7,18H,1H3,(H2,17,19). The minimum Gasteiger partial charge on any atom is -0.389 e. The Balaban J connectivity index is 2.42. The number of aryl methyl sites for hydroxylation is 1. The van der Waals surface area contributed by atoms with Crippen LogP contribution in [-0.2, 0) is 0 Å². The van der Waals surface area contributed by atoms with Crippen LogP contribution in [0.2, 0.25) is 5.02 Å². The fraction of sp³-hybridized carbons (Fsp3) is 0.0714. The van der Waals surface area contributed by atoms with Gasteiger partial charge in [0.2, 0.25) is 0 Å². The van der Waals surface area contributed by atoms with E-state index in [4.69, 9.17) is 29.6 Å². The summed E-state index contributed by atoms with van der Waals surface area (Å²) in [6, 6.07) is 9.89. The molecule has 0 aliphatic heterocycles. The van der Waals surface area contributed by atoms with E-state index in [9.17, 15) is 4.39 Å². The quantitative estimate of drug-likeness (QED) is 0.835. The lowest BCUT2D eigenvalue weighted by Crippen LogP contribution is -2.12. The first kappa shape index (κ1) is 13.8. The molecule has 0 atom stereocenters. The highest BCUT2D eigenvalue weighted by molar-refractivity contribution is 7.80. The molecule has 0 aliphatic carbocycles. The predicted octanol–water partition coefficient (Wildman–Crippen LogP) is 4.17. The first-order valence-corrected chi connectivity index (χ1v) is 6.38. The molecule has 0 bridgehead atoms. The monoisotopic (exact) mass is 294 g/mol. The molecule has 0 unspecified atom stereocenters. The Kier molecular flexibility index (Phi) is 4.02. The van der Waals surface area contributed by atoms with Crippen LogP contribution in [0.5, 0.6) is 0 Å². The van der Waals surface area contributed by atoms with Crippen molar-refractivity contribution in [2.24, 2.45) is 5.73 Å². The van der Waals surface area contributed by atoms with Gasteiger partial charge in [0.25, 0.3) is 0 Å². The van der Waals surface area contributed by atoms with Crippen molar-refractivity contribution in [2.75, 3.05) is 5.32 Å². The number of hydrogen-bond donors (Lipinski definition) is 2. The number of benzene rings is 2. The van der Waals surface area contributed by atoms with Crippen molar-refractivity contribution in [3.63, 3.8) is 0 Å². The van der Waals surface area contributed by atoms with Crippen LogP contribution < -0.4 is 11.1 Å². The van der Waals surface area contributed by atoms with Crippen LogP contribution in [0.25, 0.3) is 0 Å². The van der Waals surface area contributed by atoms with Crippen molar-refractivity contribution in [2.45, 2.75) is 6.92 Å². The van der Waals surface area contributed by atoms with E-state index in [0.717, 1.165) is 11.3 Å². The Morgan fingerprint density at radius 2 is 2.00 bits per heavy atom.